The smallest absolute Gasteiger partial charge is 0.181 e. The number of rotatable bonds is 1. The minimum absolute atomic E-state index is 0.341. The molecule has 0 unspecified atom stereocenters. The third kappa shape index (κ3) is 1.70. The summed E-state index contributed by atoms with van der Waals surface area (Å²) in [6.07, 6.45) is 3.01. The Morgan fingerprint density at radius 2 is 2.18 bits per heavy atom. The molecule has 1 aromatic carbocycles. The van der Waals surface area contributed by atoms with Gasteiger partial charge in [-0.3, -0.25) is 0 Å². The molecule has 2 heterocycles. The Kier molecular flexibility index (Phi) is 2.36. The van der Waals surface area contributed by atoms with Crippen LogP contribution in [-0.2, 0) is 0 Å². The predicted octanol–water partition coefficient (Wildman–Crippen LogP) is 2.92. The van der Waals surface area contributed by atoms with E-state index in [-0.39, 0.29) is 5.82 Å². The Hall–Kier alpha value is -1.82. The minimum Gasteiger partial charge on any atom is -0.335 e. The number of halogens is 2. The molecule has 0 spiro atoms. The zero-order valence-corrected chi connectivity index (χ0v) is 10.1. The minimum atomic E-state index is -0.341. The molecule has 0 radical (unpaired) electrons. The first-order valence-electron chi connectivity index (χ1n) is 4.86. The lowest BCUT2D eigenvalue weighted by Gasteiger charge is -2.01. The maximum Gasteiger partial charge on any atom is 0.181 e. The van der Waals surface area contributed by atoms with Gasteiger partial charge in [-0.1, -0.05) is 6.07 Å². The van der Waals surface area contributed by atoms with Gasteiger partial charge in [0.25, 0.3) is 0 Å². The first-order chi connectivity index (χ1) is 8.25. The molecule has 0 aliphatic heterocycles. The van der Waals surface area contributed by atoms with Crippen molar-refractivity contribution in [2.45, 2.75) is 0 Å². The number of imidazole rings is 1. The van der Waals surface area contributed by atoms with Crippen molar-refractivity contribution in [3.8, 4) is 11.4 Å². The highest BCUT2D eigenvalue weighted by Crippen LogP contribution is 2.29. The average molecular weight is 293 g/mol. The van der Waals surface area contributed by atoms with Crippen molar-refractivity contribution in [1.29, 1.82) is 0 Å². The Labute approximate surface area is 104 Å². The van der Waals surface area contributed by atoms with Gasteiger partial charge in [0.15, 0.2) is 5.65 Å². The highest BCUT2D eigenvalue weighted by Gasteiger charge is 2.13. The lowest BCUT2D eigenvalue weighted by atomic mass is 10.2. The SMILES string of the molecule is Fc1cccc(Br)c1-c1nc2ncncc2[nH]1. The molecule has 6 heteroatoms. The highest BCUT2D eigenvalue weighted by atomic mass is 79.9. The lowest BCUT2D eigenvalue weighted by molar-refractivity contribution is 0.629. The van der Waals surface area contributed by atoms with Crippen LogP contribution in [-0.4, -0.2) is 19.9 Å². The van der Waals surface area contributed by atoms with Gasteiger partial charge in [-0.25, -0.2) is 19.3 Å². The summed E-state index contributed by atoms with van der Waals surface area (Å²) < 4.78 is 14.4. The molecule has 0 saturated heterocycles. The van der Waals surface area contributed by atoms with Gasteiger partial charge in [0, 0.05) is 4.47 Å². The van der Waals surface area contributed by atoms with Crippen LogP contribution in [0.5, 0.6) is 0 Å². The fraction of sp³-hybridized carbons (Fsp3) is 0. The summed E-state index contributed by atoms with van der Waals surface area (Å²) in [7, 11) is 0. The number of nitrogens with one attached hydrogen (secondary N) is 1. The first kappa shape index (κ1) is 10.3. The van der Waals surface area contributed by atoms with Gasteiger partial charge in [-0.2, -0.15) is 0 Å². The van der Waals surface area contributed by atoms with E-state index in [4.69, 9.17) is 0 Å². The van der Waals surface area contributed by atoms with Gasteiger partial charge in [-0.05, 0) is 28.1 Å². The van der Waals surface area contributed by atoms with Crippen LogP contribution in [0.1, 0.15) is 0 Å². The van der Waals surface area contributed by atoms with E-state index in [1.54, 1.807) is 18.3 Å². The number of fused-ring (bicyclic) bond motifs is 1. The van der Waals surface area contributed by atoms with Crippen LogP contribution in [0, 0.1) is 5.82 Å². The van der Waals surface area contributed by atoms with E-state index >= 15 is 0 Å². The molecule has 0 fully saturated rings. The summed E-state index contributed by atoms with van der Waals surface area (Å²) in [6, 6.07) is 4.78. The number of hydrogen-bond donors (Lipinski definition) is 1. The molecule has 1 N–H and O–H groups in total. The van der Waals surface area contributed by atoms with Crippen LogP contribution >= 0.6 is 15.9 Å². The van der Waals surface area contributed by atoms with Crippen LogP contribution in [0.3, 0.4) is 0 Å². The van der Waals surface area contributed by atoms with Crippen molar-refractivity contribution >= 4 is 27.1 Å². The van der Waals surface area contributed by atoms with E-state index in [0.29, 0.717) is 27.0 Å². The Morgan fingerprint density at radius 3 is 2.94 bits per heavy atom. The summed E-state index contributed by atoms with van der Waals surface area (Å²) >= 11 is 3.31. The number of aromatic amines is 1. The van der Waals surface area contributed by atoms with E-state index in [0.717, 1.165) is 0 Å². The normalized spacial score (nSPS) is 10.9. The second-order valence-corrected chi connectivity index (χ2v) is 4.30. The predicted molar refractivity (Wildman–Crippen MR) is 64.8 cm³/mol. The van der Waals surface area contributed by atoms with Crippen molar-refractivity contribution in [2.75, 3.05) is 0 Å². The Bertz CT molecular complexity index is 642. The Balaban J connectivity index is 2.27. The van der Waals surface area contributed by atoms with Crippen molar-refractivity contribution in [1.82, 2.24) is 19.9 Å². The van der Waals surface area contributed by atoms with Gasteiger partial charge in [0.05, 0.1) is 11.8 Å². The summed E-state index contributed by atoms with van der Waals surface area (Å²) in [5, 5.41) is 0. The molecule has 2 aromatic heterocycles. The number of nitrogens with zero attached hydrogens (tertiary/aromatic N) is 3. The van der Waals surface area contributed by atoms with E-state index < -0.39 is 0 Å². The molecule has 3 aromatic rings. The molecule has 0 aliphatic rings. The van der Waals surface area contributed by atoms with E-state index in [2.05, 4.69) is 35.9 Å². The second kappa shape index (κ2) is 3.89. The number of benzene rings is 1. The third-order valence-electron chi connectivity index (χ3n) is 2.36. The second-order valence-electron chi connectivity index (χ2n) is 3.44. The number of H-pyrrole nitrogens is 1. The zero-order chi connectivity index (χ0) is 11.8. The molecule has 0 amide bonds. The molecule has 3 rings (SSSR count). The Morgan fingerprint density at radius 1 is 1.29 bits per heavy atom. The summed E-state index contributed by atoms with van der Waals surface area (Å²) in [5.41, 5.74) is 1.59. The van der Waals surface area contributed by atoms with Crippen LogP contribution in [0.25, 0.3) is 22.6 Å². The van der Waals surface area contributed by atoms with Gasteiger partial charge in [-0.15, -0.1) is 0 Å². The molecule has 0 atom stereocenters. The molecule has 0 saturated carbocycles. The average Bonchev–Trinajstić information content (AvgIpc) is 2.71. The summed E-state index contributed by atoms with van der Waals surface area (Å²) in [4.78, 5) is 15.1. The van der Waals surface area contributed by atoms with Crippen molar-refractivity contribution < 1.29 is 4.39 Å². The van der Waals surface area contributed by atoms with Gasteiger partial charge in [0.2, 0.25) is 0 Å². The molecule has 0 aliphatic carbocycles. The quantitative estimate of drug-likeness (QED) is 0.750. The standard InChI is InChI=1S/C11H6BrFN4/c12-6-2-1-3-7(13)9(6)11-16-8-4-14-5-15-10(8)17-11/h1-5H,(H,14,15,16,17). The van der Waals surface area contributed by atoms with Crippen LogP contribution < -0.4 is 0 Å². The molecule has 0 bridgehead atoms. The van der Waals surface area contributed by atoms with E-state index in [1.807, 2.05) is 0 Å². The molecule has 17 heavy (non-hydrogen) atoms. The largest absolute Gasteiger partial charge is 0.335 e. The van der Waals surface area contributed by atoms with Crippen molar-refractivity contribution in [2.24, 2.45) is 0 Å². The number of aromatic nitrogens is 4. The molecular weight excluding hydrogens is 287 g/mol. The zero-order valence-electron chi connectivity index (χ0n) is 8.48. The maximum absolute atomic E-state index is 13.7. The van der Waals surface area contributed by atoms with E-state index in [1.165, 1.54) is 12.4 Å². The van der Waals surface area contributed by atoms with Gasteiger partial charge >= 0.3 is 0 Å². The first-order valence-corrected chi connectivity index (χ1v) is 5.65. The molecular formula is C11H6BrFN4. The summed E-state index contributed by atoms with van der Waals surface area (Å²) in [6.45, 7) is 0. The number of hydrogen-bond acceptors (Lipinski definition) is 3. The molecule has 84 valence electrons. The van der Waals surface area contributed by atoms with Crippen LogP contribution in [0.15, 0.2) is 35.2 Å². The summed E-state index contributed by atoms with van der Waals surface area (Å²) in [5.74, 6) is 0.0943. The van der Waals surface area contributed by atoms with Crippen molar-refractivity contribution in [3.05, 3.63) is 41.0 Å². The fourth-order valence-corrected chi connectivity index (χ4v) is 2.13. The topological polar surface area (TPSA) is 54.5 Å². The maximum atomic E-state index is 13.7. The van der Waals surface area contributed by atoms with E-state index in [9.17, 15) is 4.39 Å². The highest BCUT2D eigenvalue weighted by molar-refractivity contribution is 9.10. The monoisotopic (exact) mass is 292 g/mol. The van der Waals surface area contributed by atoms with Crippen LogP contribution in [0.4, 0.5) is 4.39 Å². The molecule has 4 nitrogen and oxygen atoms in total. The third-order valence-corrected chi connectivity index (χ3v) is 3.02. The lowest BCUT2D eigenvalue weighted by Crippen LogP contribution is -1.87. The fourth-order valence-electron chi connectivity index (χ4n) is 1.60. The van der Waals surface area contributed by atoms with Gasteiger partial charge < -0.3 is 4.98 Å². The van der Waals surface area contributed by atoms with Gasteiger partial charge in [0.1, 0.15) is 23.5 Å². The van der Waals surface area contributed by atoms with Crippen LogP contribution in [0.2, 0.25) is 0 Å². The van der Waals surface area contributed by atoms with Crippen molar-refractivity contribution in [3.63, 3.8) is 0 Å².